The van der Waals surface area contributed by atoms with Crippen molar-refractivity contribution < 1.29 is 4.92 Å². The van der Waals surface area contributed by atoms with Crippen molar-refractivity contribution in [3.63, 3.8) is 0 Å². The standard InChI is InChI=1S/C10H11NO2/c1-9(7-8-11(12)13)10-5-3-2-4-6-10/h2-9H,1H3/b8-7+/t9-/m0/s1. The Hall–Kier alpha value is -1.64. The van der Waals surface area contributed by atoms with E-state index < -0.39 is 4.92 Å². The second-order valence-corrected chi connectivity index (χ2v) is 2.83. The zero-order valence-corrected chi connectivity index (χ0v) is 7.38. The number of allylic oxidation sites excluding steroid dienone is 1. The Balaban J connectivity index is 2.69. The third kappa shape index (κ3) is 3.07. The first kappa shape index (κ1) is 9.45. The van der Waals surface area contributed by atoms with E-state index in [0.29, 0.717) is 0 Å². The van der Waals surface area contributed by atoms with Crippen LogP contribution in [0.4, 0.5) is 0 Å². The smallest absolute Gasteiger partial charge is 0.231 e. The number of benzene rings is 1. The molecule has 0 N–H and O–H groups in total. The number of nitro groups is 1. The van der Waals surface area contributed by atoms with Crippen LogP contribution in [0.15, 0.2) is 42.6 Å². The fourth-order valence-corrected chi connectivity index (χ4v) is 1.07. The first-order chi connectivity index (χ1) is 6.20. The van der Waals surface area contributed by atoms with Crippen LogP contribution in [0.2, 0.25) is 0 Å². The Morgan fingerprint density at radius 3 is 2.54 bits per heavy atom. The van der Waals surface area contributed by atoms with Crippen molar-refractivity contribution in [1.82, 2.24) is 0 Å². The molecule has 0 aliphatic carbocycles. The van der Waals surface area contributed by atoms with E-state index in [2.05, 4.69) is 0 Å². The molecule has 68 valence electrons. The van der Waals surface area contributed by atoms with Gasteiger partial charge in [0.25, 0.3) is 0 Å². The summed E-state index contributed by atoms with van der Waals surface area (Å²) in [5, 5.41) is 10.1. The number of hydrogen-bond acceptors (Lipinski definition) is 2. The molecule has 0 heterocycles. The number of nitrogens with zero attached hydrogens (tertiary/aromatic N) is 1. The lowest BCUT2D eigenvalue weighted by atomic mass is 10.0. The summed E-state index contributed by atoms with van der Waals surface area (Å²) in [5.41, 5.74) is 1.08. The van der Waals surface area contributed by atoms with Crippen LogP contribution in [0.1, 0.15) is 18.4 Å². The molecule has 1 aromatic rings. The summed E-state index contributed by atoms with van der Waals surface area (Å²) in [6.07, 6.45) is 2.56. The van der Waals surface area contributed by atoms with E-state index >= 15 is 0 Å². The molecule has 0 spiro atoms. The zero-order valence-electron chi connectivity index (χ0n) is 7.38. The maximum atomic E-state index is 10.1. The highest BCUT2D eigenvalue weighted by Crippen LogP contribution is 2.15. The second-order valence-electron chi connectivity index (χ2n) is 2.83. The molecule has 0 saturated heterocycles. The minimum absolute atomic E-state index is 0.0894. The Morgan fingerprint density at radius 2 is 2.00 bits per heavy atom. The van der Waals surface area contributed by atoms with E-state index in [-0.39, 0.29) is 5.92 Å². The second kappa shape index (κ2) is 4.40. The van der Waals surface area contributed by atoms with Crippen LogP contribution in [0.5, 0.6) is 0 Å². The first-order valence-electron chi connectivity index (χ1n) is 4.07. The largest absolute Gasteiger partial charge is 0.259 e. The van der Waals surface area contributed by atoms with Gasteiger partial charge in [-0.05, 0) is 11.6 Å². The SMILES string of the molecule is C[C@@H](/C=C/[N+](=O)[O-])c1ccccc1. The molecule has 0 amide bonds. The third-order valence-corrected chi connectivity index (χ3v) is 1.82. The lowest BCUT2D eigenvalue weighted by molar-refractivity contribution is -0.402. The molecule has 0 unspecified atom stereocenters. The van der Waals surface area contributed by atoms with Crippen molar-refractivity contribution in [1.29, 1.82) is 0 Å². The van der Waals surface area contributed by atoms with Gasteiger partial charge in [0.05, 0.1) is 4.92 Å². The topological polar surface area (TPSA) is 43.1 Å². The van der Waals surface area contributed by atoms with Crippen LogP contribution in [0, 0.1) is 10.1 Å². The van der Waals surface area contributed by atoms with Gasteiger partial charge in [-0.3, -0.25) is 10.1 Å². The van der Waals surface area contributed by atoms with Crippen LogP contribution < -0.4 is 0 Å². The van der Waals surface area contributed by atoms with Crippen molar-refractivity contribution in [3.05, 3.63) is 58.3 Å². The van der Waals surface area contributed by atoms with Crippen LogP contribution in [0.25, 0.3) is 0 Å². The summed E-state index contributed by atoms with van der Waals surface area (Å²) >= 11 is 0. The van der Waals surface area contributed by atoms with Gasteiger partial charge in [0.1, 0.15) is 0 Å². The summed E-state index contributed by atoms with van der Waals surface area (Å²) < 4.78 is 0. The molecule has 1 aromatic carbocycles. The average Bonchev–Trinajstić information content (AvgIpc) is 2.15. The van der Waals surface area contributed by atoms with Gasteiger partial charge in [0.2, 0.25) is 6.20 Å². The van der Waals surface area contributed by atoms with E-state index in [1.54, 1.807) is 6.08 Å². The first-order valence-corrected chi connectivity index (χ1v) is 4.07. The quantitative estimate of drug-likeness (QED) is 0.526. The highest BCUT2D eigenvalue weighted by atomic mass is 16.6. The number of rotatable bonds is 3. The monoisotopic (exact) mass is 177 g/mol. The van der Waals surface area contributed by atoms with E-state index in [0.717, 1.165) is 11.8 Å². The third-order valence-electron chi connectivity index (χ3n) is 1.82. The summed E-state index contributed by atoms with van der Waals surface area (Å²) in [4.78, 5) is 9.61. The lowest BCUT2D eigenvalue weighted by Crippen LogP contribution is -1.90. The Labute approximate surface area is 76.9 Å². The maximum Gasteiger partial charge on any atom is 0.231 e. The van der Waals surface area contributed by atoms with E-state index in [1.807, 2.05) is 37.3 Å². The number of hydrogen-bond donors (Lipinski definition) is 0. The van der Waals surface area contributed by atoms with Gasteiger partial charge >= 0.3 is 0 Å². The fraction of sp³-hybridized carbons (Fsp3) is 0.200. The Bertz CT molecular complexity index is 306. The molecule has 0 saturated carbocycles. The molecule has 0 bridgehead atoms. The highest BCUT2D eigenvalue weighted by Gasteiger charge is 2.00. The van der Waals surface area contributed by atoms with E-state index in [1.165, 1.54) is 0 Å². The van der Waals surface area contributed by atoms with Crippen molar-refractivity contribution >= 4 is 0 Å². The molecule has 0 radical (unpaired) electrons. The van der Waals surface area contributed by atoms with E-state index in [4.69, 9.17) is 0 Å². The minimum atomic E-state index is -0.445. The lowest BCUT2D eigenvalue weighted by Gasteiger charge is -2.03. The predicted octanol–water partition coefficient (Wildman–Crippen LogP) is 2.58. The van der Waals surface area contributed by atoms with Gasteiger partial charge in [0.15, 0.2) is 0 Å². The van der Waals surface area contributed by atoms with Gasteiger partial charge in [-0.2, -0.15) is 0 Å². The fourth-order valence-electron chi connectivity index (χ4n) is 1.07. The van der Waals surface area contributed by atoms with Crippen molar-refractivity contribution in [3.8, 4) is 0 Å². The van der Waals surface area contributed by atoms with Gasteiger partial charge in [-0.15, -0.1) is 0 Å². The zero-order chi connectivity index (χ0) is 9.68. The molecule has 0 aliphatic heterocycles. The maximum absolute atomic E-state index is 10.1. The van der Waals surface area contributed by atoms with Gasteiger partial charge in [-0.25, -0.2) is 0 Å². The molecule has 1 rings (SSSR count). The normalized spacial score (nSPS) is 13.0. The molecule has 13 heavy (non-hydrogen) atoms. The summed E-state index contributed by atoms with van der Waals surface area (Å²) in [6, 6.07) is 9.68. The molecule has 1 atom stereocenters. The van der Waals surface area contributed by atoms with Gasteiger partial charge in [0, 0.05) is 5.92 Å². The van der Waals surface area contributed by atoms with Crippen molar-refractivity contribution in [2.45, 2.75) is 12.8 Å². The Kier molecular flexibility index (Phi) is 3.20. The van der Waals surface area contributed by atoms with Crippen LogP contribution in [-0.4, -0.2) is 4.92 Å². The van der Waals surface area contributed by atoms with Crippen LogP contribution in [0.3, 0.4) is 0 Å². The summed E-state index contributed by atoms with van der Waals surface area (Å²) in [6.45, 7) is 1.93. The predicted molar refractivity (Wildman–Crippen MR) is 51.0 cm³/mol. The van der Waals surface area contributed by atoms with Crippen molar-refractivity contribution in [2.75, 3.05) is 0 Å². The summed E-state index contributed by atoms with van der Waals surface area (Å²) in [7, 11) is 0. The molecule has 0 aliphatic rings. The van der Waals surface area contributed by atoms with Crippen LogP contribution in [-0.2, 0) is 0 Å². The molecular formula is C10H11NO2. The molecule has 3 nitrogen and oxygen atoms in total. The molecule has 0 aromatic heterocycles. The van der Waals surface area contributed by atoms with Crippen LogP contribution >= 0.6 is 0 Å². The molecule has 3 heteroatoms. The molecular weight excluding hydrogens is 166 g/mol. The summed E-state index contributed by atoms with van der Waals surface area (Å²) in [5.74, 6) is 0.0894. The Morgan fingerprint density at radius 1 is 1.38 bits per heavy atom. The minimum Gasteiger partial charge on any atom is -0.259 e. The highest BCUT2D eigenvalue weighted by molar-refractivity contribution is 5.22. The van der Waals surface area contributed by atoms with Gasteiger partial charge < -0.3 is 0 Å². The van der Waals surface area contributed by atoms with E-state index in [9.17, 15) is 10.1 Å². The average molecular weight is 177 g/mol. The van der Waals surface area contributed by atoms with Crippen molar-refractivity contribution in [2.24, 2.45) is 0 Å². The van der Waals surface area contributed by atoms with Gasteiger partial charge in [-0.1, -0.05) is 37.3 Å². The molecule has 0 fully saturated rings.